The Labute approximate surface area is 216 Å². The topological polar surface area (TPSA) is 95.0 Å². The van der Waals surface area contributed by atoms with Crippen LogP contribution in [0.15, 0.2) is 71.6 Å². The van der Waals surface area contributed by atoms with Crippen LogP contribution in [0.3, 0.4) is 0 Å². The number of amides is 1. The van der Waals surface area contributed by atoms with Gasteiger partial charge in [-0.15, -0.1) is 0 Å². The Morgan fingerprint density at radius 3 is 2.26 bits per heavy atom. The first-order valence-corrected chi connectivity index (χ1v) is 12.7. The molecule has 0 bridgehead atoms. The number of benzene rings is 3. The third kappa shape index (κ3) is 5.08. The summed E-state index contributed by atoms with van der Waals surface area (Å²) >= 11 is 0. The van der Waals surface area contributed by atoms with E-state index in [9.17, 15) is 40.7 Å². The van der Waals surface area contributed by atoms with E-state index in [1.807, 2.05) is 0 Å². The van der Waals surface area contributed by atoms with Gasteiger partial charge in [0.05, 0.1) is 27.1 Å². The Bertz CT molecular complexity index is 1540. The van der Waals surface area contributed by atoms with Gasteiger partial charge in [0, 0.05) is 6.54 Å². The average Bonchev–Trinajstić information content (AvgIpc) is 2.84. The van der Waals surface area contributed by atoms with Gasteiger partial charge in [-0.05, 0) is 67.4 Å². The van der Waals surface area contributed by atoms with Gasteiger partial charge in [-0.2, -0.15) is 13.2 Å². The number of halogens is 4. The molecular weight excluding hydrogens is 528 g/mol. The summed E-state index contributed by atoms with van der Waals surface area (Å²) in [5, 5.41) is 9.54. The van der Waals surface area contributed by atoms with Crippen molar-refractivity contribution in [2.45, 2.75) is 24.9 Å². The van der Waals surface area contributed by atoms with Crippen molar-refractivity contribution in [3.05, 3.63) is 83.7 Å². The number of alkyl halides is 3. The number of anilines is 1. The standard InChI is InChI=1S/C26H22F4N2O5S/c1-25(2,24(34)35)14-31-15-32(38(36,37)20-8-4-6-18(13-20)26(28,29)30)22-12-17(9-10-21(22)23(31)33)16-5-3-7-19(27)11-16/h3-13H,14-15H2,1-2H3,(H,34,35). The third-order valence-corrected chi connectivity index (χ3v) is 7.90. The second kappa shape index (κ2) is 9.43. The average molecular weight is 551 g/mol. The predicted octanol–water partition coefficient (Wildman–Crippen LogP) is 5.23. The van der Waals surface area contributed by atoms with Gasteiger partial charge in [0.1, 0.15) is 12.5 Å². The summed E-state index contributed by atoms with van der Waals surface area (Å²) < 4.78 is 82.1. The molecule has 1 amide bonds. The predicted molar refractivity (Wildman–Crippen MR) is 130 cm³/mol. The molecule has 1 aliphatic rings. The molecule has 0 spiro atoms. The monoisotopic (exact) mass is 550 g/mol. The molecule has 38 heavy (non-hydrogen) atoms. The van der Waals surface area contributed by atoms with Crippen molar-refractivity contribution >= 4 is 27.6 Å². The number of hydrogen-bond donors (Lipinski definition) is 1. The summed E-state index contributed by atoms with van der Waals surface area (Å²) in [5.41, 5.74) is -2.12. The maximum absolute atomic E-state index is 13.8. The molecule has 0 saturated carbocycles. The van der Waals surface area contributed by atoms with Crippen LogP contribution < -0.4 is 4.31 Å². The summed E-state index contributed by atoms with van der Waals surface area (Å²) in [7, 11) is -4.68. The Kier molecular flexibility index (Phi) is 6.73. The zero-order valence-corrected chi connectivity index (χ0v) is 21.0. The smallest absolute Gasteiger partial charge is 0.416 e. The highest BCUT2D eigenvalue weighted by molar-refractivity contribution is 7.92. The lowest BCUT2D eigenvalue weighted by atomic mass is 9.92. The number of aliphatic carboxylic acids is 1. The van der Waals surface area contributed by atoms with E-state index in [0.29, 0.717) is 17.2 Å². The molecule has 4 rings (SSSR count). The van der Waals surface area contributed by atoms with Crippen LogP contribution in [0.4, 0.5) is 23.2 Å². The van der Waals surface area contributed by atoms with Crippen molar-refractivity contribution in [2.24, 2.45) is 5.41 Å². The number of carboxylic acids is 1. The van der Waals surface area contributed by atoms with Crippen LogP contribution in [0.1, 0.15) is 29.8 Å². The number of sulfonamides is 1. The molecule has 3 aromatic carbocycles. The summed E-state index contributed by atoms with van der Waals surface area (Å²) in [6, 6.07) is 12.8. The number of nitrogens with zero attached hydrogens (tertiary/aromatic N) is 2. The van der Waals surface area contributed by atoms with E-state index in [4.69, 9.17) is 0 Å². The lowest BCUT2D eigenvalue weighted by Gasteiger charge is -2.39. The highest BCUT2D eigenvalue weighted by atomic mass is 32.2. The van der Waals surface area contributed by atoms with Gasteiger partial charge in [0.2, 0.25) is 0 Å². The number of carbonyl (C=O) groups excluding carboxylic acids is 1. The second-order valence-corrected chi connectivity index (χ2v) is 11.3. The zero-order valence-electron chi connectivity index (χ0n) is 20.2. The minimum atomic E-state index is -4.80. The van der Waals surface area contributed by atoms with E-state index in [2.05, 4.69) is 0 Å². The van der Waals surface area contributed by atoms with E-state index < -0.39 is 56.4 Å². The Hall–Kier alpha value is -3.93. The van der Waals surface area contributed by atoms with Crippen molar-refractivity contribution < 1.29 is 40.7 Å². The van der Waals surface area contributed by atoms with Gasteiger partial charge in [0.25, 0.3) is 15.9 Å². The highest BCUT2D eigenvalue weighted by Crippen LogP contribution is 2.38. The van der Waals surface area contributed by atoms with Crippen molar-refractivity contribution in [1.82, 2.24) is 4.90 Å². The van der Waals surface area contributed by atoms with Gasteiger partial charge in [-0.25, -0.2) is 17.1 Å². The van der Waals surface area contributed by atoms with Crippen LogP contribution in [-0.4, -0.2) is 43.5 Å². The molecule has 1 heterocycles. The number of carbonyl (C=O) groups is 2. The first-order chi connectivity index (χ1) is 17.6. The molecule has 0 aromatic heterocycles. The largest absolute Gasteiger partial charge is 0.481 e. The fraction of sp³-hybridized carbons (Fsp3) is 0.231. The fourth-order valence-corrected chi connectivity index (χ4v) is 5.55. The van der Waals surface area contributed by atoms with E-state index in [-0.39, 0.29) is 17.8 Å². The van der Waals surface area contributed by atoms with Crippen LogP contribution in [0.5, 0.6) is 0 Å². The molecule has 3 aromatic rings. The molecule has 7 nitrogen and oxygen atoms in total. The van der Waals surface area contributed by atoms with Crippen molar-refractivity contribution in [3.8, 4) is 11.1 Å². The van der Waals surface area contributed by atoms with Gasteiger partial charge >= 0.3 is 12.1 Å². The lowest BCUT2D eigenvalue weighted by Crippen LogP contribution is -2.52. The van der Waals surface area contributed by atoms with Crippen molar-refractivity contribution in [3.63, 3.8) is 0 Å². The summed E-state index contributed by atoms with van der Waals surface area (Å²) in [6.07, 6.45) is -4.80. The van der Waals surface area contributed by atoms with Gasteiger partial charge < -0.3 is 10.0 Å². The van der Waals surface area contributed by atoms with Crippen molar-refractivity contribution in [2.75, 3.05) is 17.5 Å². The SMILES string of the molecule is CC(C)(CN1CN(S(=O)(=O)c2cccc(C(F)(F)F)c2)c2cc(-c3cccc(F)c3)ccc2C1=O)C(=O)O. The number of carboxylic acid groups (broad SMARTS) is 1. The Balaban J connectivity index is 1.89. The Morgan fingerprint density at radius 2 is 1.63 bits per heavy atom. The lowest BCUT2D eigenvalue weighted by molar-refractivity contribution is -0.147. The summed E-state index contributed by atoms with van der Waals surface area (Å²) in [6.45, 7) is 1.70. The third-order valence-electron chi connectivity index (χ3n) is 6.16. The normalized spacial score (nSPS) is 14.4. The van der Waals surface area contributed by atoms with E-state index >= 15 is 0 Å². The van der Waals surface area contributed by atoms with Crippen LogP contribution in [0, 0.1) is 11.2 Å². The molecule has 0 radical (unpaired) electrons. The molecule has 1 N–H and O–H groups in total. The van der Waals surface area contributed by atoms with Crippen LogP contribution in [-0.2, 0) is 21.0 Å². The minimum absolute atomic E-state index is 0.104. The quantitative estimate of drug-likeness (QED) is 0.424. The van der Waals surface area contributed by atoms with Gasteiger partial charge in [0.15, 0.2) is 0 Å². The number of fused-ring (bicyclic) bond motifs is 1. The van der Waals surface area contributed by atoms with Crippen molar-refractivity contribution in [1.29, 1.82) is 0 Å². The highest BCUT2D eigenvalue weighted by Gasteiger charge is 2.41. The molecule has 0 unspecified atom stereocenters. The first kappa shape index (κ1) is 27.1. The van der Waals surface area contributed by atoms with Crippen LogP contribution >= 0.6 is 0 Å². The number of hydrogen-bond acceptors (Lipinski definition) is 4. The molecular formula is C26H22F4N2O5S. The molecule has 12 heteroatoms. The van der Waals surface area contributed by atoms with Gasteiger partial charge in [-0.3, -0.25) is 9.59 Å². The molecule has 0 atom stereocenters. The summed E-state index contributed by atoms with van der Waals surface area (Å²) in [5.74, 6) is -2.44. The maximum atomic E-state index is 13.8. The molecule has 1 aliphatic heterocycles. The Morgan fingerprint density at radius 1 is 0.974 bits per heavy atom. The molecule has 0 saturated heterocycles. The van der Waals surface area contributed by atoms with E-state index in [1.54, 1.807) is 6.07 Å². The van der Waals surface area contributed by atoms with Gasteiger partial charge in [-0.1, -0.05) is 24.3 Å². The molecule has 200 valence electrons. The van der Waals surface area contributed by atoms with Crippen LogP contribution in [0.25, 0.3) is 11.1 Å². The first-order valence-electron chi connectivity index (χ1n) is 11.2. The minimum Gasteiger partial charge on any atom is -0.481 e. The summed E-state index contributed by atoms with van der Waals surface area (Å²) in [4.78, 5) is 25.4. The van der Waals surface area contributed by atoms with E-state index in [0.717, 1.165) is 27.4 Å². The molecule has 0 fully saturated rings. The maximum Gasteiger partial charge on any atom is 0.416 e. The van der Waals surface area contributed by atoms with Crippen LogP contribution in [0.2, 0.25) is 0 Å². The fourth-order valence-electron chi connectivity index (χ4n) is 4.06. The second-order valence-electron chi connectivity index (χ2n) is 9.45. The molecule has 0 aliphatic carbocycles. The van der Waals surface area contributed by atoms with E-state index in [1.165, 1.54) is 50.2 Å². The number of rotatable bonds is 6. The zero-order chi connectivity index (χ0) is 28.0.